The van der Waals surface area contributed by atoms with Crippen LogP contribution in [0.15, 0.2) is 30.3 Å². The van der Waals surface area contributed by atoms with Crippen molar-refractivity contribution < 1.29 is 24.2 Å². The summed E-state index contributed by atoms with van der Waals surface area (Å²) in [7, 11) is 0. The molecule has 0 atom stereocenters. The number of aliphatic hydroxyl groups is 1. The SMILES string of the molecule is O=C1c2ccccc2C(=O)N1c1c(F)cc(Cl)c(O)c1CCCO. The number of phenols is 1. The highest BCUT2D eigenvalue weighted by Gasteiger charge is 2.39. The number of carbonyl (C=O) groups excluding carboxylic acids is 2. The van der Waals surface area contributed by atoms with Gasteiger partial charge in [-0.3, -0.25) is 9.59 Å². The van der Waals surface area contributed by atoms with Crippen LogP contribution in [0.25, 0.3) is 0 Å². The van der Waals surface area contributed by atoms with E-state index in [-0.39, 0.29) is 46.8 Å². The van der Waals surface area contributed by atoms with E-state index in [2.05, 4.69) is 0 Å². The van der Waals surface area contributed by atoms with E-state index in [1.54, 1.807) is 12.1 Å². The molecule has 1 aliphatic rings. The molecule has 0 bridgehead atoms. The Bertz CT molecular complexity index is 818. The summed E-state index contributed by atoms with van der Waals surface area (Å²) in [5, 5.41) is 18.9. The lowest BCUT2D eigenvalue weighted by molar-refractivity contribution is 0.0924. The van der Waals surface area contributed by atoms with Crippen LogP contribution < -0.4 is 4.90 Å². The Balaban J connectivity index is 2.18. The Kier molecular flexibility index (Phi) is 4.26. The Labute approximate surface area is 141 Å². The molecule has 0 unspecified atom stereocenters. The number of hydrogen-bond acceptors (Lipinski definition) is 4. The van der Waals surface area contributed by atoms with Crippen molar-refractivity contribution in [2.24, 2.45) is 0 Å². The van der Waals surface area contributed by atoms with E-state index < -0.39 is 23.4 Å². The average Bonchev–Trinajstić information content (AvgIpc) is 2.82. The number of hydrogen-bond donors (Lipinski definition) is 2. The zero-order valence-electron chi connectivity index (χ0n) is 12.4. The van der Waals surface area contributed by atoms with E-state index in [4.69, 9.17) is 16.7 Å². The minimum Gasteiger partial charge on any atom is -0.506 e. The van der Waals surface area contributed by atoms with Gasteiger partial charge in [0.2, 0.25) is 0 Å². The third-order valence-electron chi connectivity index (χ3n) is 3.88. The molecule has 1 aliphatic heterocycles. The van der Waals surface area contributed by atoms with Gasteiger partial charge in [-0.1, -0.05) is 23.7 Å². The van der Waals surface area contributed by atoms with Crippen molar-refractivity contribution in [3.8, 4) is 5.75 Å². The van der Waals surface area contributed by atoms with Gasteiger partial charge >= 0.3 is 0 Å². The van der Waals surface area contributed by atoms with Crippen molar-refractivity contribution in [1.29, 1.82) is 0 Å². The second-order valence-electron chi connectivity index (χ2n) is 5.33. The second-order valence-corrected chi connectivity index (χ2v) is 5.74. The highest BCUT2D eigenvalue weighted by Crippen LogP contribution is 2.41. The fourth-order valence-electron chi connectivity index (χ4n) is 2.78. The number of nitrogens with zero attached hydrogens (tertiary/aromatic N) is 1. The van der Waals surface area contributed by atoms with Gasteiger partial charge in [-0.25, -0.2) is 9.29 Å². The highest BCUT2D eigenvalue weighted by molar-refractivity contribution is 6.35. The van der Waals surface area contributed by atoms with Crippen molar-refractivity contribution in [2.75, 3.05) is 11.5 Å². The number of imide groups is 1. The van der Waals surface area contributed by atoms with E-state index in [0.717, 1.165) is 6.07 Å². The number of anilines is 1. The fourth-order valence-corrected chi connectivity index (χ4v) is 2.99. The van der Waals surface area contributed by atoms with Gasteiger partial charge in [-0.2, -0.15) is 0 Å². The number of carbonyl (C=O) groups is 2. The average molecular weight is 350 g/mol. The van der Waals surface area contributed by atoms with Crippen LogP contribution in [0.2, 0.25) is 5.02 Å². The number of rotatable bonds is 4. The Hall–Kier alpha value is -2.44. The third-order valence-corrected chi connectivity index (χ3v) is 4.17. The van der Waals surface area contributed by atoms with Gasteiger partial charge in [-0.05, 0) is 31.0 Å². The monoisotopic (exact) mass is 349 g/mol. The molecule has 3 rings (SSSR count). The van der Waals surface area contributed by atoms with Crippen LogP contribution in [0.1, 0.15) is 32.7 Å². The minimum absolute atomic E-state index is 0.0172. The van der Waals surface area contributed by atoms with Crippen LogP contribution in [0.3, 0.4) is 0 Å². The summed E-state index contributed by atoms with van der Waals surface area (Å²) >= 11 is 5.80. The number of phenolic OH excluding ortho intramolecular Hbond substituents is 1. The molecule has 0 aliphatic carbocycles. The zero-order valence-corrected chi connectivity index (χ0v) is 13.2. The predicted octanol–water partition coefficient (Wildman–Crippen LogP) is 2.91. The molecular formula is C17H13ClFNO4. The van der Waals surface area contributed by atoms with Crippen LogP contribution >= 0.6 is 11.6 Å². The van der Waals surface area contributed by atoms with Gasteiger partial charge in [-0.15, -0.1) is 0 Å². The molecule has 0 spiro atoms. The maximum Gasteiger partial charge on any atom is 0.266 e. The Morgan fingerprint density at radius 2 is 1.71 bits per heavy atom. The van der Waals surface area contributed by atoms with E-state index >= 15 is 0 Å². The molecule has 2 aromatic carbocycles. The Morgan fingerprint density at radius 1 is 1.12 bits per heavy atom. The van der Waals surface area contributed by atoms with Crippen LogP contribution in [-0.4, -0.2) is 28.6 Å². The number of benzene rings is 2. The van der Waals surface area contributed by atoms with E-state index in [1.807, 2.05) is 0 Å². The molecule has 2 amide bonds. The van der Waals surface area contributed by atoms with Gasteiger partial charge < -0.3 is 10.2 Å². The summed E-state index contributed by atoms with van der Waals surface area (Å²) in [6.07, 6.45) is 0.270. The normalized spacial score (nSPS) is 13.5. The van der Waals surface area contributed by atoms with Crippen molar-refractivity contribution in [3.05, 3.63) is 57.9 Å². The van der Waals surface area contributed by atoms with Crippen LogP contribution in [0.4, 0.5) is 10.1 Å². The van der Waals surface area contributed by atoms with E-state index in [9.17, 15) is 19.1 Å². The molecular weight excluding hydrogens is 337 g/mol. The van der Waals surface area contributed by atoms with Crippen molar-refractivity contribution in [1.82, 2.24) is 0 Å². The number of aliphatic hydroxyl groups excluding tert-OH is 1. The molecule has 24 heavy (non-hydrogen) atoms. The molecule has 0 aromatic heterocycles. The lowest BCUT2D eigenvalue weighted by Crippen LogP contribution is -2.31. The number of halogens is 2. The molecule has 2 N–H and O–H groups in total. The zero-order chi connectivity index (χ0) is 17.4. The number of amides is 2. The van der Waals surface area contributed by atoms with Gasteiger partial charge in [0.25, 0.3) is 11.8 Å². The van der Waals surface area contributed by atoms with E-state index in [0.29, 0.717) is 4.90 Å². The maximum atomic E-state index is 14.5. The predicted molar refractivity (Wildman–Crippen MR) is 86.1 cm³/mol. The van der Waals surface area contributed by atoms with Gasteiger partial charge in [0.15, 0.2) is 0 Å². The summed E-state index contributed by atoms with van der Waals surface area (Å²) in [6.45, 7) is -0.199. The van der Waals surface area contributed by atoms with Crippen molar-refractivity contribution in [3.63, 3.8) is 0 Å². The van der Waals surface area contributed by atoms with Crippen molar-refractivity contribution in [2.45, 2.75) is 12.8 Å². The molecule has 0 radical (unpaired) electrons. The molecule has 5 nitrogen and oxygen atoms in total. The lowest BCUT2D eigenvalue weighted by atomic mass is 10.0. The molecule has 124 valence electrons. The van der Waals surface area contributed by atoms with Crippen molar-refractivity contribution >= 4 is 29.1 Å². The Morgan fingerprint density at radius 3 is 2.25 bits per heavy atom. The second kappa shape index (κ2) is 6.22. The summed E-state index contributed by atoms with van der Waals surface area (Å²) < 4.78 is 14.5. The van der Waals surface area contributed by atoms with Crippen LogP contribution in [-0.2, 0) is 6.42 Å². The topological polar surface area (TPSA) is 77.8 Å². The number of aromatic hydroxyl groups is 1. The summed E-state index contributed by atoms with van der Waals surface area (Å²) in [4.78, 5) is 25.8. The molecule has 0 saturated heterocycles. The fraction of sp³-hybridized carbons (Fsp3) is 0.176. The first kappa shape index (κ1) is 16.4. The smallest absolute Gasteiger partial charge is 0.266 e. The largest absolute Gasteiger partial charge is 0.506 e. The first-order valence-electron chi connectivity index (χ1n) is 7.26. The molecule has 1 heterocycles. The summed E-state index contributed by atoms with van der Waals surface area (Å²) in [5.74, 6) is -2.62. The molecule has 7 heteroatoms. The summed E-state index contributed by atoms with van der Waals surface area (Å²) in [5.41, 5.74) is 0.0361. The molecule has 0 fully saturated rings. The maximum absolute atomic E-state index is 14.5. The summed E-state index contributed by atoms with van der Waals surface area (Å²) in [6, 6.07) is 7.04. The highest BCUT2D eigenvalue weighted by atomic mass is 35.5. The van der Waals surface area contributed by atoms with Crippen LogP contribution in [0.5, 0.6) is 5.75 Å². The van der Waals surface area contributed by atoms with Crippen LogP contribution in [0, 0.1) is 5.82 Å². The lowest BCUT2D eigenvalue weighted by Gasteiger charge is -2.20. The molecule has 2 aromatic rings. The van der Waals surface area contributed by atoms with Gasteiger partial charge in [0.1, 0.15) is 11.6 Å². The van der Waals surface area contributed by atoms with Gasteiger partial charge in [0, 0.05) is 12.2 Å². The standard InChI is InChI=1S/C17H13ClFNO4/c18-12-8-13(19)14(11(15(12)22)6-3-7-21)20-16(23)9-4-1-2-5-10(9)17(20)24/h1-2,4-5,8,21-22H,3,6-7H2. The molecule has 0 saturated carbocycles. The van der Waals surface area contributed by atoms with Gasteiger partial charge in [0.05, 0.1) is 21.8 Å². The quantitative estimate of drug-likeness (QED) is 0.832. The van der Waals surface area contributed by atoms with E-state index in [1.165, 1.54) is 12.1 Å². The minimum atomic E-state index is -0.889. The first-order valence-corrected chi connectivity index (χ1v) is 7.63. The first-order chi connectivity index (χ1) is 11.5. The third kappa shape index (κ3) is 2.44. The number of fused-ring (bicyclic) bond motifs is 1.